The molecule has 4 aromatic carbocycles. The van der Waals surface area contributed by atoms with Crippen molar-refractivity contribution in [2.75, 3.05) is 0 Å². The molecular weight excluding hydrogens is 466 g/mol. The Kier molecular flexibility index (Phi) is 4.45. The molecule has 0 fully saturated rings. The number of nitrogens with zero attached hydrogens (tertiary/aromatic N) is 5. The summed E-state index contributed by atoms with van der Waals surface area (Å²) in [5.41, 5.74) is 7.63. The van der Waals surface area contributed by atoms with E-state index in [0.29, 0.717) is 5.82 Å². The zero-order valence-electron chi connectivity index (χ0n) is 20.4. The molecule has 0 atom stereocenters. The van der Waals surface area contributed by atoms with Gasteiger partial charge in [-0.05, 0) is 48.5 Å². The Morgan fingerprint density at radius 2 is 1.50 bits per heavy atom. The average molecular weight is 488 g/mol. The van der Waals surface area contributed by atoms with Crippen LogP contribution in [0.25, 0.3) is 66.4 Å². The van der Waals surface area contributed by atoms with Crippen molar-refractivity contribution in [1.82, 2.24) is 24.1 Å². The Balaban J connectivity index is 1.40. The molecule has 4 aromatic heterocycles. The Bertz CT molecular complexity index is 2140. The van der Waals surface area contributed by atoms with Gasteiger partial charge in [0.25, 0.3) is 0 Å². The quantitative estimate of drug-likeness (QED) is 0.256. The van der Waals surface area contributed by atoms with Crippen molar-refractivity contribution in [3.8, 4) is 22.8 Å². The normalized spacial score (nSPS) is 11.7. The van der Waals surface area contributed by atoms with Crippen LogP contribution in [0.4, 0.5) is 0 Å². The summed E-state index contributed by atoms with van der Waals surface area (Å²) in [6, 6.07) is 36.2. The molecule has 8 rings (SSSR count). The number of aromatic nitrogens is 5. The summed E-state index contributed by atoms with van der Waals surface area (Å²) in [7, 11) is 0. The molecule has 0 bridgehead atoms. The van der Waals surface area contributed by atoms with Gasteiger partial charge in [-0.1, -0.05) is 54.6 Å². The third kappa shape index (κ3) is 3.09. The van der Waals surface area contributed by atoms with E-state index in [2.05, 4.69) is 122 Å². The van der Waals surface area contributed by atoms with Gasteiger partial charge in [-0.3, -0.25) is 4.98 Å². The molecule has 5 nitrogen and oxygen atoms in total. The van der Waals surface area contributed by atoms with E-state index in [4.69, 9.17) is 4.98 Å². The third-order valence-corrected chi connectivity index (χ3v) is 7.26. The molecule has 0 amide bonds. The highest BCUT2D eigenvalue weighted by molar-refractivity contribution is 6.20. The molecule has 8 aromatic rings. The van der Waals surface area contributed by atoms with Crippen molar-refractivity contribution < 1.29 is 0 Å². The Hall–Kier alpha value is -5.29. The zero-order valence-corrected chi connectivity index (χ0v) is 20.4. The SMILES string of the molecule is c1ccc(-n2ccc3ccc4c(c5ccccc5n4-c4cccc(-c5ncc6cnccc6n5)c4)c32)cc1. The lowest BCUT2D eigenvalue weighted by Crippen LogP contribution is -1.96. The number of pyridine rings is 1. The van der Waals surface area contributed by atoms with Gasteiger partial charge in [-0.2, -0.15) is 0 Å². The van der Waals surface area contributed by atoms with E-state index >= 15 is 0 Å². The minimum absolute atomic E-state index is 0.701. The highest BCUT2D eigenvalue weighted by Crippen LogP contribution is 2.38. The zero-order chi connectivity index (χ0) is 25.1. The minimum atomic E-state index is 0.701. The van der Waals surface area contributed by atoms with Gasteiger partial charge < -0.3 is 9.13 Å². The van der Waals surface area contributed by atoms with E-state index < -0.39 is 0 Å². The molecule has 0 spiro atoms. The van der Waals surface area contributed by atoms with Crippen molar-refractivity contribution in [2.24, 2.45) is 0 Å². The first kappa shape index (κ1) is 20.9. The molecule has 0 aliphatic carbocycles. The van der Waals surface area contributed by atoms with Crippen LogP contribution >= 0.6 is 0 Å². The highest BCUT2D eigenvalue weighted by atomic mass is 15.0. The second-order valence-electron chi connectivity index (χ2n) is 9.45. The van der Waals surface area contributed by atoms with Crippen molar-refractivity contribution >= 4 is 43.6 Å². The second-order valence-corrected chi connectivity index (χ2v) is 9.45. The maximum atomic E-state index is 4.81. The third-order valence-electron chi connectivity index (χ3n) is 7.26. The first-order valence-electron chi connectivity index (χ1n) is 12.6. The molecule has 0 aliphatic heterocycles. The van der Waals surface area contributed by atoms with Gasteiger partial charge in [0, 0.05) is 63.3 Å². The van der Waals surface area contributed by atoms with E-state index in [1.165, 1.54) is 27.2 Å². The average Bonchev–Trinajstić information content (AvgIpc) is 3.57. The number of para-hydroxylation sites is 2. The molecule has 0 unspecified atom stereocenters. The van der Waals surface area contributed by atoms with Crippen molar-refractivity contribution in [2.45, 2.75) is 0 Å². The second kappa shape index (κ2) is 8.11. The van der Waals surface area contributed by atoms with E-state index in [1.54, 1.807) is 12.4 Å². The minimum Gasteiger partial charge on any atom is -0.316 e. The summed E-state index contributed by atoms with van der Waals surface area (Å²) in [4.78, 5) is 13.6. The monoisotopic (exact) mass is 487 g/mol. The van der Waals surface area contributed by atoms with Gasteiger partial charge in [-0.15, -0.1) is 0 Å². The first-order valence-corrected chi connectivity index (χ1v) is 12.6. The predicted octanol–water partition coefficient (Wildman–Crippen LogP) is 7.73. The maximum absolute atomic E-state index is 4.81. The van der Waals surface area contributed by atoms with Gasteiger partial charge >= 0.3 is 0 Å². The van der Waals surface area contributed by atoms with Crippen LogP contribution in [-0.2, 0) is 0 Å². The van der Waals surface area contributed by atoms with Crippen LogP contribution in [0.5, 0.6) is 0 Å². The molecule has 38 heavy (non-hydrogen) atoms. The fourth-order valence-electron chi connectivity index (χ4n) is 5.56. The summed E-state index contributed by atoms with van der Waals surface area (Å²) < 4.78 is 4.64. The van der Waals surface area contributed by atoms with Gasteiger partial charge in [0.05, 0.1) is 22.1 Å². The van der Waals surface area contributed by atoms with Crippen LogP contribution in [0.2, 0.25) is 0 Å². The largest absolute Gasteiger partial charge is 0.316 e. The lowest BCUT2D eigenvalue weighted by atomic mass is 10.1. The Morgan fingerprint density at radius 1 is 0.632 bits per heavy atom. The molecule has 0 saturated carbocycles. The molecule has 5 heteroatoms. The molecule has 0 radical (unpaired) electrons. The maximum Gasteiger partial charge on any atom is 0.159 e. The van der Waals surface area contributed by atoms with Crippen molar-refractivity contribution in [1.29, 1.82) is 0 Å². The molecule has 0 aliphatic rings. The smallest absolute Gasteiger partial charge is 0.159 e. The summed E-state index contributed by atoms with van der Waals surface area (Å²) in [6.45, 7) is 0. The summed E-state index contributed by atoms with van der Waals surface area (Å²) in [5, 5.41) is 4.62. The molecular formula is C33H21N5. The molecule has 178 valence electrons. The lowest BCUT2D eigenvalue weighted by molar-refractivity contribution is 1.13. The van der Waals surface area contributed by atoms with Gasteiger partial charge in [-0.25, -0.2) is 9.97 Å². The summed E-state index contributed by atoms with van der Waals surface area (Å²) >= 11 is 0. The number of hydrogen-bond donors (Lipinski definition) is 0. The predicted molar refractivity (Wildman–Crippen MR) is 154 cm³/mol. The van der Waals surface area contributed by atoms with Crippen LogP contribution < -0.4 is 0 Å². The number of hydrogen-bond acceptors (Lipinski definition) is 3. The van der Waals surface area contributed by atoms with E-state index in [0.717, 1.165) is 33.4 Å². The van der Waals surface area contributed by atoms with Crippen LogP contribution in [0.15, 0.2) is 128 Å². The number of fused-ring (bicyclic) bond motifs is 6. The molecule has 0 saturated heterocycles. The Labute approximate surface area is 218 Å². The van der Waals surface area contributed by atoms with Gasteiger partial charge in [0.1, 0.15) is 0 Å². The molecule has 0 N–H and O–H groups in total. The summed E-state index contributed by atoms with van der Waals surface area (Å²) in [6.07, 6.45) is 7.56. The van der Waals surface area contributed by atoms with Crippen LogP contribution in [0.1, 0.15) is 0 Å². The fourth-order valence-corrected chi connectivity index (χ4v) is 5.56. The summed E-state index contributed by atoms with van der Waals surface area (Å²) in [5.74, 6) is 0.701. The van der Waals surface area contributed by atoms with E-state index in [9.17, 15) is 0 Å². The topological polar surface area (TPSA) is 48.5 Å². The van der Waals surface area contributed by atoms with E-state index in [-0.39, 0.29) is 0 Å². The van der Waals surface area contributed by atoms with Gasteiger partial charge in [0.15, 0.2) is 5.82 Å². The van der Waals surface area contributed by atoms with Gasteiger partial charge in [0.2, 0.25) is 0 Å². The number of benzene rings is 4. The standard InChI is InChI=1S/C33H21N5/c1-2-8-25(9-3-1)37-18-16-22-13-14-30-31(32(22)37)27-11-4-5-12-29(27)38(30)26-10-6-7-23(19-26)33-35-21-24-20-34-17-15-28(24)36-33/h1-21H. The van der Waals surface area contributed by atoms with E-state index in [1.807, 2.05) is 12.3 Å². The van der Waals surface area contributed by atoms with Crippen molar-refractivity contribution in [3.05, 3.63) is 128 Å². The Morgan fingerprint density at radius 3 is 2.45 bits per heavy atom. The van der Waals surface area contributed by atoms with Crippen LogP contribution in [-0.4, -0.2) is 24.1 Å². The molecule has 4 heterocycles. The lowest BCUT2D eigenvalue weighted by Gasteiger charge is -2.11. The first-order chi connectivity index (χ1) is 18.8. The number of rotatable bonds is 3. The van der Waals surface area contributed by atoms with Crippen molar-refractivity contribution in [3.63, 3.8) is 0 Å². The fraction of sp³-hybridized carbons (Fsp3) is 0. The van der Waals surface area contributed by atoms with Crippen LogP contribution in [0, 0.1) is 0 Å². The van der Waals surface area contributed by atoms with Crippen LogP contribution in [0.3, 0.4) is 0 Å². The highest BCUT2D eigenvalue weighted by Gasteiger charge is 2.18.